The molecule has 6 nitrogen and oxygen atoms in total. The summed E-state index contributed by atoms with van der Waals surface area (Å²) in [6.45, 7) is 3.25. The molecule has 0 aliphatic rings. The third-order valence-corrected chi connectivity index (χ3v) is 3.64. The maximum absolute atomic E-state index is 10.1. The molecular formula is C14H20N4O2S. The molecule has 0 radical (unpaired) electrons. The van der Waals surface area contributed by atoms with Gasteiger partial charge in [0.2, 0.25) is 5.75 Å². The SMILES string of the molecule is CCCNc1ncnc(NCC(O)c2ccsc2)c1OC. The predicted molar refractivity (Wildman–Crippen MR) is 85.1 cm³/mol. The van der Waals surface area contributed by atoms with E-state index in [4.69, 9.17) is 4.74 Å². The minimum Gasteiger partial charge on any atom is -0.490 e. The van der Waals surface area contributed by atoms with Gasteiger partial charge in [0.15, 0.2) is 11.6 Å². The Balaban J connectivity index is 2.05. The van der Waals surface area contributed by atoms with Crippen LogP contribution in [0.5, 0.6) is 5.75 Å². The van der Waals surface area contributed by atoms with Crippen molar-refractivity contribution in [2.24, 2.45) is 0 Å². The Morgan fingerprint density at radius 2 is 2.10 bits per heavy atom. The summed E-state index contributed by atoms with van der Waals surface area (Å²) in [5.41, 5.74) is 0.893. The van der Waals surface area contributed by atoms with Crippen molar-refractivity contribution in [3.8, 4) is 5.75 Å². The summed E-state index contributed by atoms with van der Waals surface area (Å²) in [7, 11) is 1.58. The first-order chi connectivity index (χ1) is 10.3. The molecule has 1 unspecified atom stereocenters. The van der Waals surface area contributed by atoms with Crippen molar-refractivity contribution in [3.05, 3.63) is 28.7 Å². The number of ether oxygens (including phenoxy) is 1. The van der Waals surface area contributed by atoms with E-state index in [0.29, 0.717) is 23.9 Å². The molecule has 2 heterocycles. The quantitative estimate of drug-likeness (QED) is 0.695. The van der Waals surface area contributed by atoms with E-state index in [9.17, 15) is 5.11 Å². The molecule has 0 saturated heterocycles. The minimum atomic E-state index is -0.581. The van der Waals surface area contributed by atoms with Crippen molar-refractivity contribution in [1.82, 2.24) is 9.97 Å². The molecule has 0 spiro atoms. The third kappa shape index (κ3) is 4.05. The normalized spacial score (nSPS) is 12.0. The lowest BCUT2D eigenvalue weighted by atomic mass is 10.2. The molecule has 0 amide bonds. The number of aliphatic hydroxyl groups excluding tert-OH is 1. The Morgan fingerprint density at radius 1 is 1.33 bits per heavy atom. The highest BCUT2D eigenvalue weighted by Gasteiger charge is 2.14. The molecule has 0 aromatic carbocycles. The number of anilines is 2. The second kappa shape index (κ2) is 7.80. The van der Waals surface area contributed by atoms with E-state index in [1.165, 1.54) is 6.33 Å². The van der Waals surface area contributed by atoms with Crippen LogP contribution in [0.3, 0.4) is 0 Å². The predicted octanol–water partition coefficient (Wildman–Crippen LogP) is 2.51. The van der Waals surface area contributed by atoms with Gasteiger partial charge in [-0.15, -0.1) is 0 Å². The molecule has 0 aliphatic heterocycles. The fourth-order valence-corrected chi connectivity index (χ4v) is 2.55. The first kappa shape index (κ1) is 15.5. The molecule has 0 bridgehead atoms. The Labute approximate surface area is 128 Å². The van der Waals surface area contributed by atoms with Crippen LogP contribution in [-0.2, 0) is 0 Å². The highest BCUT2D eigenvalue weighted by Crippen LogP contribution is 2.29. The lowest BCUT2D eigenvalue weighted by Gasteiger charge is -2.15. The second-order valence-corrected chi connectivity index (χ2v) is 5.26. The Kier molecular flexibility index (Phi) is 5.77. The van der Waals surface area contributed by atoms with Crippen molar-refractivity contribution >= 4 is 23.0 Å². The van der Waals surface area contributed by atoms with Gasteiger partial charge in [0.05, 0.1) is 13.2 Å². The lowest BCUT2D eigenvalue weighted by Crippen LogP contribution is -2.14. The lowest BCUT2D eigenvalue weighted by molar-refractivity contribution is 0.192. The van der Waals surface area contributed by atoms with Crippen LogP contribution in [0, 0.1) is 0 Å². The zero-order valence-corrected chi connectivity index (χ0v) is 13.0. The smallest absolute Gasteiger partial charge is 0.204 e. The topological polar surface area (TPSA) is 79.3 Å². The number of aliphatic hydroxyl groups is 1. The molecular weight excluding hydrogens is 288 g/mol. The summed E-state index contributed by atoms with van der Waals surface area (Å²) in [6, 6.07) is 1.91. The molecule has 7 heteroatoms. The average Bonchev–Trinajstić information content (AvgIpc) is 3.04. The van der Waals surface area contributed by atoms with Gasteiger partial charge in [0.25, 0.3) is 0 Å². The van der Waals surface area contributed by atoms with E-state index >= 15 is 0 Å². The van der Waals surface area contributed by atoms with Gasteiger partial charge in [-0.25, -0.2) is 9.97 Å². The number of methoxy groups -OCH3 is 1. The van der Waals surface area contributed by atoms with E-state index in [1.54, 1.807) is 18.4 Å². The molecule has 3 N–H and O–H groups in total. The largest absolute Gasteiger partial charge is 0.490 e. The van der Waals surface area contributed by atoms with Gasteiger partial charge < -0.3 is 20.5 Å². The standard InChI is InChI=1S/C14H20N4O2S/c1-3-5-15-13-12(20-2)14(18-9-17-13)16-7-11(19)10-4-6-21-8-10/h4,6,8-9,11,19H,3,5,7H2,1-2H3,(H2,15,16,17,18). The van der Waals surface area contributed by atoms with E-state index in [1.807, 2.05) is 16.8 Å². The van der Waals surface area contributed by atoms with Gasteiger partial charge in [-0.3, -0.25) is 0 Å². The monoisotopic (exact) mass is 308 g/mol. The second-order valence-electron chi connectivity index (χ2n) is 4.48. The number of hydrogen-bond donors (Lipinski definition) is 3. The molecule has 21 heavy (non-hydrogen) atoms. The molecule has 2 rings (SSSR count). The van der Waals surface area contributed by atoms with Crippen LogP contribution < -0.4 is 15.4 Å². The van der Waals surface area contributed by atoms with Crippen LogP contribution in [0.1, 0.15) is 25.0 Å². The Bertz CT molecular complexity index is 548. The third-order valence-electron chi connectivity index (χ3n) is 2.94. The first-order valence-electron chi connectivity index (χ1n) is 6.83. The fraction of sp³-hybridized carbons (Fsp3) is 0.429. The molecule has 0 fully saturated rings. The summed E-state index contributed by atoms with van der Waals surface area (Å²) < 4.78 is 5.37. The maximum atomic E-state index is 10.1. The molecule has 2 aromatic rings. The Morgan fingerprint density at radius 3 is 2.71 bits per heavy atom. The van der Waals surface area contributed by atoms with E-state index < -0.39 is 6.10 Å². The van der Waals surface area contributed by atoms with Gasteiger partial charge in [-0.05, 0) is 28.8 Å². The van der Waals surface area contributed by atoms with Crippen LogP contribution >= 0.6 is 11.3 Å². The highest BCUT2D eigenvalue weighted by molar-refractivity contribution is 7.07. The number of nitrogens with one attached hydrogen (secondary N) is 2. The van der Waals surface area contributed by atoms with Crippen LogP contribution in [0.25, 0.3) is 0 Å². The van der Waals surface area contributed by atoms with Gasteiger partial charge in [0, 0.05) is 13.1 Å². The number of nitrogens with zero attached hydrogens (tertiary/aromatic N) is 2. The molecule has 2 aromatic heterocycles. The van der Waals surface area contributed by atoms with Gasteiger partial charge >= 0.3 is 0 Å². The highest BCUT2D eigenvalue weighted by atomic mass is 32.1. The van der Waals surface area contributed by atoms with Crippen molar-refractivity contribution in [3.63, 3.8) is 0 Å². The fourth-order valence-electron chi connectivity index (χ4n) is 1.84. The summed E-state index contributed by atoms with van der Waals surface area (Å²) in [5.74, 6) is 1.78. The summed E-state index contributed by atoms with van der Waals surface area (Å²) in [5, 5.41) is 20.3. The van der Waals surface area contributed by atoms with Crippen molar-refractivity contribution < 1.29 is 9.84 Å². The zero-order valence-electron chi connectivity index (χ0n) is 12.2. The molecule has 0 saturated carbocycles. The number of rotatable bonds is 8. The zero-order chi connectivity index (χ0) is 15.1. The molecule has 1 atom stereocenters. The Hall–Kier alpha value is -1.86. The number of hydrogen-bond acceptors (Lipinski definition) is 7. The summed E-state index contributed by atoms with van der Waals surface area (Å²) in [4.78, 5) is 8.35. The molecule has 114 valence electrons. The number of aromatic nitrogens is 2. The van der Waals surface area contributed by atoms with Crippen LogP contribution in [0.2, 0.25) is 0 Å². The summed E-state index contributed by atoms with van der Waals surface area (Å²) >= 11 is 1.56. The van der Waals surface area contributed by atoms with E-state index in [2.05, 4.69) is 27.5 Å². The van der Waals surface area contributed by atoms with Gasteiger partial charge in [-0.2, -0.15) is 11.3 Å². The van der Waals surface area contributed by atoms with Crippen molar-refractivity contribution in [2.45, 2.75) is 19.4 Å². The van der Waals surface area contributed by atoms with Gasteiger partial charge in [-0.1, -0.05) is 6.92 Å². The van der Waals surface area contributed by atoms with Crippen molar-refractivity contribution in [1.29, 1.82) is 0 Å². The van der Waals surface area contributed by atoms with E-state index in [-0.39, 0.29) is 0 Å². The van der Waals surface area contributed by atoms with Crippen LogP contribution in [-0.4, -0.2) is 35.3 Å². The first-order valence-corrected chi connectivity index (χ1v) is 7.77. The molecule has 0 aliphatic carbocycles. The van der Waals surface area contributed by atoms with Crippen molar-refractivity contribution in [2.75, 3.05) is 30.8 Å². The maximum Gasteiger partial charge on any atom is 0.204 e. The minimum absolute atomic E-state index is 0.358. The van der Waals surface area contributed by atoms with Gasteiger partial charge in [0.1, 0.15) is 6.33 Å². The van der Waals surface area contributed by atoms with Crippen LogP contribution in [0.4, 0.5) is 11.6 Å². The van der Waals surface area contributed by atoms with Crippen LogP contribution in [0.15, 0.2) is 23.2 Å². The van der Waals surface area contributed by atoms with E-state index in [0.717, 1.165) is 18.5 Å². The average molecular weight is 308 g/mol. The summed E-state index contributed by atoms with van der Waals surface area (Å²) in [6.07, 6.45) is 1.88. The number of thiophene rings is 1.